The Kier molecular flexibility index (Phi) is 1.02. The first kappa shape index (κ1) is 5.80. The monoisotopic (exact) mass is 152 g/mol. The standard InChI is InChI=1S/C7H4O2S/c8-5-3-6-4(7(5)9)1-2-10-6/h1-2H,3H2. The summed E-state index contributed by atoms with van der Waals surface area (Å²) >= 11 is 1.48. The third-order valence-corrected chi connectivity index (χ3v) is 2.49. The minimum atomic E-state index is -0.309. The summed E-state index contributed by atoms with van der Waals surface area (Å²) < 4.78 is 0. The van der Waals surface area contributed by atoms with Crippen LogP contribution in [0.3, 0.4) is 0 Å². The molecule has 10 heavy (non-hydrogen) atoms. The van der Waals surface area contributed by atoms with Crippen molar-refractivity contribution in [1.82, 2.24) is 0 Å². The van der Waals surface area contributed by atoms with Crippen molar-refractivity contribution in [2.45, 2.75) is 6.42 Å². The summed E-state index contributed by atoms with van der Waals surface area (Å²) in [7, 11) is 0. The number of carbonyl (C=O) groups excluding carboxylic acids is 2. The van der Waals surface area contributed by atoms with Gasteiger partial charge in [0.05, 0.1) is 0 Å². The summed E-state index contributed by atoms with van der Waals surface area (Å²) in [5.74, 6) is -0.571. The SMILES string of the molecule is O=C1Cc2sccc2C1=O. The van der Waals surface area contributed by atoms with E-state index in [1.165, 1.54) is 11.3 Å². The summed E-state index contributed by atoms with van der Waals surface area (Å²) in [4.78, 5) is 22.6. The van der Waals surface area contributed by atoms with Crippen LogP contribution in [0.5, 0.6) is 0 Å². The number of rotatable bonds is 0. The number of hydrogen-bond acceptors (Lipinski definition) is 3. The van der Waals surface area contributed by atoms with Crippen LogP contribution in [0, 0.1) is 0 Å². The van der Waals surface area contributed by atoms with Crippen LogP contribution in [0.4, 0.5) is 0 Å². The molecule has 0 aliphatic heterocycles. The third-order valence-electron chi connectivity index (χ3n) is 1.56. The molecule has 1 aromatic heterocycles. The van der Waals surface area contributed by atoms with Crippen LogP contribution in [0.25, 0.3) is 0 Å². The summed E-state index contributed by atoms with van der Waals surface area (Å²) in [6.45, 7) is 0. The smallest absolute Gasteiger partial charge is 0.230 e. The van der Waals surface area contributed by atoms with E-state index in [9.17, 15) is 9.59 Å². The average Bonchev–Trinajstić information content (AvgIpc) is 2.41. The third kappa shape index (κ3) is 0.580. The molecule has 0 aromatic carbocycles. The molecule has 1 heterocycles. The highest BCUT2D eigenvalue weighted by atomic mass is 32.1. The van der Waals surface area contributed by atoms with Gasteiger partial charge in [0.1, 0.15) is 0 Å². The zero-order valence-corrected chi connectivity index (χ0v) is 5.90. The molecule has 0 radical (unpaired) electrons. The lowest BCUT2D eigenvalue weighted by Gasteiger charge is -1.78. The van der Waals surface area contributed by atoms with E-state index in [0.717, 1.165) is 4.88 Å². The fourth-order valence-electron chi connectivity index (χ4n) is 1.06. The van der Waals surface area contributed by atoms with E-state index in [0.29, 0.717) is 12.0 Å². The summed E-state index contributed by atoms with van der Waals surface area (Å²) in [5, 5.41) is 1.84. The quantitative estimate of drug-likeness (QED) is 0.521. The molecule has 0 saturated heterocycles. The van der Waals surface area contributed by atoms with Gasteiger partial charge in [0.25, 0.3) is 0 Å². The van der Waals surface area contributed by atoms with Gasteiger partial charge in [0.15, 0.2) is 0 Å². The van der Waals surface area contributed by atoms with Gasteiger partial charge in [-0.25, -0.2) is 0 Å². The first-order chi connectivity index (χ1) is 4.79. The maximum Gasteiger partial charge on any atom is 0.230 e. The maximum absolute atomic E-state index is 10.9. The molecule has 1 aliphatic rings. The van der Waals surface area contributed by atoms with E-state index in [4.69, 9.17) is 0 Å². The molecule has 2 rings (SSSR count). The molecule has 0 saturated carbocycles. The second-order valence-electron chi connectivity index (χ2n) is 2.19. The summed E-state index contributed by atoms with van der Waals surface area (Å²) in [5.41, 5.74) is 0.620. The number of ketones is 2. The number of thiophene rings is 1. The fraction of sp³-hybridized carbons (Fsp3) is 0.143. The van der Waals surface area contributed by atoms with Crippen LogP contribution in [0.15, 0.2) is 11.4 Å². The van der Waals surface area contributed by atoms with E-state index in [1.807, 2.05) is 5.38 Å². The normalized spacial score (nSPS) is 16.0. The van der Waals surface area contributed by atoms with Gasteiger partial charge in [-0.15, -0.1) is 11.3 Å². The first-order valence-corrected chi connectivity index (χ1v) is 3.81. The van der Waals surface area contributed by atoms with Gasteiger partial charge >= 0.3 is 0 Å². The van der Waals surface area contributed by atoms with Crippen LogP contribution in [0.2, 0.25) is 0 Å². The first-order valence-electron chi connectivity index (χ1n) is 2.93. The second-order valence-corrected chi connectivity index (χ2v) is 3.19. The van der Waals surface area contributed by atoms with Gasteiger partial charge < -0.3 is 0 Å². The Morgan fingerprint density at radius 1 is 1.40 bits per heavy atom. The predicted molar refractivity (Wildman–Crippen MR) is 37.4 cm³/mol. The zero-order chi connectivity index (χ0) is 7.14. The zero-order valence-electron chi connectivity index (χ0n) is 5.09. The molecule has 0 fully saturated rings. The Balaban J connectivity index is 2.63. The molecule has 50 valence electrons. The maximum atomic E-state index is 10.9. The summed E-state index contributed by atoms with van der Waals surface area (Å²) in [6.07, 6.45) is 0.325. The molecule has 0 bridgehead atoms. The topological polar surface area (TPSA) is 34.1 Å². The van der Waals surface area contributed by atoms with Gasteiger partial charge in [-0.1, -0.05) is 0 Å². The van der Waals surface area contributed by atoms with E-state index in [2.05, 4.69) is 0 Å². The lowest BCUT2D eigenvalue weighted by Crippen LogP contribution is -2.05. The van der Waals surface area contributed by atoms with Crippen LogP contribution in [-0.2, 0) is 11.2 Å². The van der Waals surface area contributed by atoms with E-state index >= 15 is 0 Å². The Bertz CT molecular complexity index is 311. The lowest BCUT2D eigenvalue weighted by atomic mass is 10.2. The van der Waals surface area contributed by atoms with Gasteiger partial charge in [0, 0.05) is 16.9 Å². The average molecular weight is 152 g/mol. The van der Waals surface area contributed by atoms with Gasteiger partial charge in [-0.3, -0.25) is 9.59 Å². The molecule has 1 aromatic rings. The van der Waals surface area contributed by atoms with Crippen molar-refractivity contribution in [3.05, 3.63) is 21.9 Å². The van der Waals surface area contributed by atoms with Gasteiger partial charge in [0.2, 0.25) is 11.6 Å². The molecule has 0 unspecified atom stereocenters. The largest absolute Gasteiger partial charge is 0.290 e. The van der Waals surface area contributed by atoms with Crippen molar-refractivity contribution >= 4 is 22.9 Å². The van der Waals surface area contributed by atoms with E-state index in [1.54, 1.807) is 6.07 Å². The number of carbonyl (C=O) groups is 2. The van der Waals surface area contributed by atoms with E-state index in [-0.39, 0.29) is 11.6 Å². The molecule has 1 aliphatic carbocycles. The van der Waals surface area contributed by atoms with Crippen molar-refractivity contribution in [3.8, 4) is 0 Å². The van der Waals surface area contributed by atoms with Crippen molar-refractivity contribution in [3.63, 3.8) is 0 Å². The highest BCUT2D eigenvalue weighted by molar-refractivity contribution is 7.11. The van der Waals surface area contributed by atoms with Crippen LogP contribution in [0.1, 0.15) is 15.2 Å². The molecule has 0 spiro atoms. The highest BCUT2D eigenvalue weighted by Gasteiger charge is 2.28. The van der Waals surface area contributed by atoms with Gasteiger partial charge in [-0.05, 0) is 11.4 Å². The lowest BCUT2D eigenvalue weighted by molar-refractivity contribution is -0.114. The number of hydrogen-bond donors (Lipinski definition) is 0. The molecule has 0 N–H and O–H groups in total. The molecular weight excluding hydrogens is 148 g/mol. The Hall–Kier alpha value is -0.960. The van der Waals surface area contributed by atoms with Crippen molar-refractivity contribution in [2.24, 2.45) is 0 Å². The Labute approximate surface area is 61.5 Å². The number of fused-ring (bicyclic) bond motifs is 1. The van der Waals surface area contributed by atoms with Crippen LogP contribution >= 0.6 is 11.3 Å². The molecular formula is C7H4O2S. The number of Topliss-reactive ketones (excluding diaryl/α,β-unsaturated/α-hetero) is 2. The Morgan fingerprint density at radius 2 is 2.20 bits per heavy atom. The molecule has 0 atom stereocenters. The van der Waals surface area contributed by atoms with Crippen molar-refractivity contribution < 1.29 is 9.59 Å². The van der Waals surface area contributed by atoms with E-state index < -0.39 is 0 Å². The Morgan fingerprint density at radius 3 is 2.90 bits per heavy atom. The van der Waals surface area contributed by atoms with Gasteiger partial charge in [-0.2, -0.15) is 0 Å². The van der Waals surface area contributed by atoms with Crippen molar-refractivity contribution in [2.75, 3.05) is 0 Å². The molecule has 3 heteroatoms. The second kappa shape index (κ2) is 1.76. The minimum absolute atomic E-state index is 0.262. The fourth-order valence-corrected chi connectivity index (χ4v) is 1.93. The predicted octanol–water partition coefficient (Wildman–Crippen LogP) is 1.06. The molecule has 2 nitrogen and oxygen atoms in total. The molecule has 0 amide bonds. The van der Waals surface area contributed by atoms with Crippen molar-refractivity contribution in [1.29, 1.82) is 0 Å². The highest BCUT2D eigenvalue weighted by Crippen LogP contribution is 2.24. The summed E-state index contributed by atoms with van der Waals surface area (Å²) in [6, 6.07) is 1.72. The van der Waals surface area contributed by atoms with Crippen LogP contribution in [-0.4, -0.2) is 11.6 Å². The van der Waals surface area contributed by atoms with Crippen LogP contribution < -0.4 is 0 Å². The minimum Gasteiger partial charge on any atom is -0.290 e.